The first-order chi connectivity index (χ1) is 12.4. The fraction of sp³-hybridized carbons (Fsp3) is 0.222. The van der Waals surface area contributed by atoms with Gasteiger partial charge in [0.1, 0.15) is 5.15 Å². The average molecular weight is 398 g/mol. The second-order valence-electron chi connectivity index (χ2n) is 5.55. The molecule has 1 aromatic carbocycles. The predicted octanol–water partition coefficient (Wildman–Crippen LogP) is 6.37. The van der Waals surface area contributed by atoms with E-state index in [1.807, 2.05) is 6.92 Å². The molecule has 3 rings (SSSR count). The molecule has 0 saturated carbocycles. The lowest BCUT2D eigenvalue weighted by atomic mass is 9.96. The molecule has 1 N–H and O–H groups in total. The van der Waals surface area contributed by atoms with Crippen LogP contribution in [0, 0.1) is 0 Å². The van der Waals surface area contributed by atoms with E-state index >= 15 is 0 Å². The van der Waals surface area contributed by atoms with E-state index in [0.29, 0.717) is 16.3 Å². The standard InChI is InChI=1S/C18H15ClF3N3S/c1-2-7-23-17-25-10-15(26-17)12-8-16(19)24-9-13(12)11-5-3-4-6-14(11)18(20,21)22/h3-6,8-10H,2,7H2,1H3,(H,23,25). The fourth-order valence-corrected chi connectivity index (χ4v) is 3.56. The van der Waals surface area contributed by atoms with E-state index in [1.165, 1.54) is 29.7 Å². The smallest absolute Gasteiger partial charge is 0.362 e. The highest BCUT2D eigenvalue weighted by Crippen LogP contribution is 2.42. The Labute approximate surface area is 157 Å². The maximum absolute atomic E-state index is 13.4. The van der Waals surface area contributed by atoms with Crippen LogP contribution in [-0.2, 0) is 6.18 Å². The van der Waals surface area contributed by atoms with Crippen LogP contribution in [0.3, 0.4) is 0 Å². The van der Waals surface area contributed by atoms with Gasteiger partial charge in [-0.1, -0.05) is 48.1 Å². The molecule has 0 amide bonds. The van der Waals surface area contributed by atoms with Crippen molar-refractivity contribution in [1.29, 1.82) is 0 Å². The summed E-state index contributed by atoms with van der Waals surface area (Å²) in [4.78, 5) is 9.00. The zero-order valence-electron chi connectivity index (χ0n) is 13.8. The molecule has 0 atom stereocenters. The molecule has 0 unspecified atom stereocenters. The molecular weight excluding hydrogens is 383 g/mol. The summed E-state index contributed by atoms with van der Waals surface area (Å²) in [6, 6.07) is 7.02. The van der Waals surface area contributed by atoms with Gasteiger partial charge >= 0.3 is 6.18 Å². The van der Waals surface area contributed by atoms with Crippen LogP contribution in [-0.4, -0.2) is 16.5 Å². The van der Waals surface area contributed by atoms with Crippen molar-refractivity contribution < 1.29 is 13.2 Å². The van der Waals surface area contributed by atoms with E-state index in [2.05, 4.69) is 15.3 Å². The van der Waals surface area contributed by atoms with Crippen LogP contribution in [0.25, 0.3) is 21.6 Å². The number of rotatable bonds is 5. The van der Waals surface area contributed by atoms with Crippen LogP contribution in [0.2, 0.25) is 5.15 Å². The summed E-state index contributed by atoms with van der Waals surface area (Å²) in [6.07, 6.45) is -0.510. The molecule has 0 aliphatic rings. The van der Waals surface area contributed by atoms with Gasteiger partial charge < -0.3 is 5.32 Å². The van der Waals surface area contributed by atoms with Crippen molar-refractivity contribution in [3.8, 4) is 21.6 Å². The highest BCUT2D eigenvalue weighted by Gasteiger charge is 2.34. The second kappa shape index (κ2) is 7.63. The van der Waals surface area contributed by atoms with Gasteiger partial charge in [-0.05, 0) is 24.1 Å². The molecule has 8 heteroatoms. The molecule has 0 fully saturated rings. The van der Waals surface area contributed by atoms with E-state index in [1.54, 1.807) is 18.3 Å². The first-order valence-electron chi connectivity index (χ1n) is 7.92. The number of aromatic nitrogens is 2. The first-order valence-corrected chi connectivity index (χ1v) is 9.11. The molecule has 0 saturated heterocycles. The number of hydrogen-bond donors (Lipinski definition) is 1. The quantitative estimate of drug-likeness (QED) is 0.508. The molecule has 0 radical (unpaired) electrons. The molecule has 26 heavy (non-hydrogen) atoms. The lowest BCUT2D eigenvalue weighted by Gasteiger charge is -2.15. The third-order valence-electron chi connectivity index (χ3n) is 3.69. The number of pyridine rings is 1. The minimum absolute atomic E-state index is 0.0654. The highest BCUT2D eigenvalue weighted by molar-refractivity contribution is 7.18. The van der Waals surface area contributed by atoms with Gasteiger partial charge in [0, 0.05) is 30.1 Å². The molecule has 2 heterocycles. The Morgan fingerprint density at radius 2 is 1.85 bits per heavy atom. The van der Waals surface area contributed by atoms with E-state index < -0.39 is 11.7 Å². The van der Waals surface area contributed by atoms with E-state index in [-0.39, 0.29) is 10.7 Å². The van der Waals surface area contributed by atoms with Crippen LogP contribution in [0.15, 0.2) is 42.7 Å². The predicted molar refractivity (Wildman–Crippen MR) is 99.6 cm³/mol. The lowest BCUT2D eigenvalue weighted by molar-refractivity contribution is -0.137. The van der Waals surface area contributed by atoms with Gasteiger partial charge in [-0.25, -0.2) is 9.97 Å². The molecule has 0 bridgehead atoms. The van der Waals surface area contributed by atoms with Crippen LogP contribution < -0.4 is 5.32 Å². The van der Waals surface area contributed by atoms with Gasteiger partial charge in [0.05, 0.1) is 10.4 Å². The Kier molecular flexibility index (Phi) is 5.48. The van der Waals surface area contributed by atoms with Crippen molar-refractivity contribution in [2.24, 2.45) is 0 Å². The van der Waals surface area contributed by atoms with Crippen molar-refractivity contribution in [2.75, 3.05) is 11.9 Å². The van der Waals surface area contributed by atoms with Crippen LogP contribution in [0.1, 0.15) is 18.9 Å². The minimum atomic E-state index is -4.46. The fourth-order valence-electron chi connectivity index (χ4n) is 2.53. The number of benzene rings is 1. The molecule has 3 nitrogen and oxygen atoms in total. The summed E-state index contributed by atoms with van der Waals surface area (Å²) in [7, 11) is 0. The number of hydrogen-bond acceptors (Lipinski definition) is 4. The van der Waals surface area contributed by atoms with Crippen molar-refractivity contribution in [3.63, 3.8) is 0 Å². The molecule has 0 aliphatic heterocycles. The Morgan fingerprint density at radius 3 is 2.58 bits per heavy atom. The van der Waals surface area contributed by atoms with Gasteiger partial charge in [-0.2, -0.15) is 13.2 Å². The van der Waals surface area contributed by atoms with Gasteiger partial charge in [-0.15, -0.1) is 0 Å². The van der Waals surface area contributed by atoms with E-state index in [0.717, 1.165) is 23.9 Å². The molecular formula is C18H15ClF3N3S. The van der Waals surface area contributed by atoms with Crippen molar-refractivity contribution >= 4 is 28.1 Å². The summed E-state index contributed by atoms with van der Waals surface area (Å²) in [5.41, 5.74) is 0.298. The molecule has 0 aliphatic carbocycles. The summed E-state index contributed by atoms with van der Waals surface area (Å²) in [5.74, 6) is 0. The summed E-state index contributed by atoms with van der Waals surface area (Å²) in [5, 5.41) is 4.10. The number of thiazole rings is 1. The second-order valence-corrected chi connectivity index (χ2v) is 6.97. The average Bonchev–Trinajstić information content (AvgIpc) is 3.08. The zero-order chi connectivity index (χ0) is 18.7. The van der Waals surface area contributed by atoms with Gasteiger partial charge in [0.25, 0.3) is 0 Å². The highest BCUT2D eigenvalue weighted by atomic mass is 35.5. The third kappa shape index (κ3) is 3.99. The number of nitrogens with one attached hydrogen (secondary N) is 1. The zero-order valence-corrected chi connectivity index (χ0v) is 15.3. The van der Waals surface area contributed by atoms with Crippen LogP contribution >= 0.6 is 22.9 Å². The molecule has 0 spiro atoms. The number of anilines is 1. The monoisotopic (exact) mass is 397 g/mol. The third-order valence-corrected chi connectivity index (χ3v) is 4.89. The minimum Gasteiger partial charge on any atom is -0.362 e. The van der Waals surface area contributed by atoms with E-state index in [9.17, 15) is 13.2 Å². The largest absolute Gasteiger partial charge is 0.417 e. The molecule has 3 aromatic rings. The normalized spacial score (nSPS) is 11.6. The SMILES string of the molecule is CCCNc1ncc(-c2cc(Cl)ncc2-c2ccccc2C(F)(F)F)s1. The lowest BCUT2D eigenvalue weighted by Crippen LogP contribution is -2.07. The number of halogens is 4. The van der Waals surface area contributed by atoms with Crippen molar-refractivity contribution in [1.82, 2.24) is 9.97 Å². The Morgan fingerprint density at radius 1 is 1.08 bits per heavy atom. The number of alkyl halides is 3. The first kappa shape index (κ1) is 18.7. The Hall–Kier alpha value is -2.12. The van der Waals surface area contributed by atoms with E-state index in [4.69, 9.17) is 11.6 Å². The van der Waals surface area contributed by atoms with Gasteiger partial charge in [0.2, 0.25) is 0 Å². The summed E-state index contributed by atoms with van der Waals surface area (Å²) >= 11 is 7.38. The Balaban J connectivity index is 2.12. The number of nitrogens with zero attached hydrogens (tertiary/aromatic N) is 2. The maximum Gasteiger partial charge on any atom is 0.417 e. The van der Waals surface area contributed by atoms with Crippen LogP contribution in [0.5, 0.6) is 0 Å². The maximum atomic E-state index is 13.4. The molecule has 2 aromatic heterocycles. The molecule has 136 valence electrons. The Bertz CT molecular complexity index is 909. The van der Waals surface area contributed by atoms with Crippen LogP contribution in [0.4, 0.5) is 18.3 Å². The van der Waals surface area contributed by atoms with Gasteiger partial charge in [-0.3, -0.25) is 0 Å². The summed E-state index contributed by atoms with van der Waals surface area (Å²) in [6.45, 7) is 2.81. The topological polar surface area (TPSA) is 37.8 Å². The van der Waals surface area contributed by atoms with Crippen molar-refractivity contribution in [2.45, 2.75) is 19.5 Å². The van der Waals surface area contributed by atoms with Crippen molar-refractivity contribution in [3.05, 3.63) is 53.4 Å². The van der Waals surface area contributed by atoms with Gasteiger partial charge in [0.15, 0.2) is 5.13 Å². The summed E-state index contributed by atoms with van der Waals surface area (Å²) < 4.78 is 40.3.